The highest BCUT2D eigenvalue weighted by Crippen LogP contribution is 2.53. The Morgan fingerprint density at radius 3 is 2.49 bits per heavy atom. The second-order valence-corrected chi connectivity index (χ2v) is 19.4. The molecule has 4 saturated heterocycles. The molecule has 3 N–H and O–H groups in total. The molecule has 16 nitrogen and oxygen atoms in total. The van der Waals surface area contributed by atoms with Crippen LogP contribution in [0.5, 0.6) is 0 Å². The number of anilines is 3. The third-order valence-electron chi connectivity index (χ3n) is 15.4. The van der Waals surface area contributed by atoms with Gasteiger partial charge in [0.25, 0.3) is 24.1 Å². The zero-order valence-corrected chi connectivity index (χ0v) is 36.0. The highest BCUT2D eigenvalue weighted by atomic mass is 19.3. The van der Waals surface area contributed by atoms with Gasteiger partial charge in [0, 0.05) is 55.7 Å². The molecule has 2 bridgehead atoms. The van der Waals surface area contributed by atoms with E-state index in [0.717, 1.165) is 94.7 Å². The van der Waals surface area contributed by atoms with Gasteiger partial charge in [-0.05, 0) is 119 Å². The number of likely N-dealkylation sites (tertiary alicyclic amines) is 1. The fraction of sp³-hybridized carbons (Fsp3) is 0.532. The predicted octanol–water partition coefficient (Wildman–Crippen LogP) is 5.73. The van der Waals surface area contributed by atoms with Crippen molar-refractivity contribution < 1.29 is 37.5 Å². The van der Waals surface area contributed by atoms with Gasteiger partial charge in [-0.1, -0.05) is 6.07 Å². The maximum Gasteiger partial charge on any atom is 0.284 e. The molecule has 5 amide bonds. The van der Waals surface area contributed by atoms with Gasteiger partial charge in [-0.3, -0.25) is 43.9 Å². The van der Waals surface area contributed by atoms with E-state index in [1.165, 1.54) is 6.20 Å². The summed E-state index contributed by atoms with van der Waals surface area (Å²) in [5.74, 6) is -0.889. The van der Waals surface area contributed by atoms with Crippen LogP contribution in [-0.2, 0) is 14.3 Å². The Balaban J connectivity index is 0.651. The summed E-state index contributed by atoms with van der Waals surface area (Å²) in [7, 11) is 0. The summed E-state index contributed by atoms with van der Waals surface area (Å²) in [5, 5.41) is 13.4. The van der Waals surface area contributed by atoms with Crippen LogP contribution in [0.25, 0.3) is 10.9 Å². The molecule has 18 heteroatoms. The number of carbonyl (C=O) groups is 5. The lowest BCUT2D eigenvalue weighted by Gasteiger charge is -2.53. The maximum atomic E-state index is 14.4. The fourth-order valence-corrected chi connectivity index (χ4v) is 11.9. The third-order valence-corrected chi connectivity index (χ3v) is 15.4. The molecule has 3 aromatic heterocycles. The summed E-state index contributed by atoms with van der Waals surface area (Å²) in [6.45, 7) is 5.16. The van der Waals surface area contributed by atoms with Crippen LogP contribution >= 0.6 is 0 Å². The number of halogens is 2. The summed E-state index contributed by atoms with van der Waals surface area (Å²) in [5.41, 5.74) is 1.70. The number of carbonyl (C=O) groups excluding carboxylic acids is 5. The second kappa shape index (κ2) is 16.5. The summed E-state index contributed by atoms with van der Waals surface area (Å²) in [4.78, 5) is 79.6. The molecule has 0 radical (unpaired) electrons. The normalized spacial score (nSPS) is 26.6. The van der Waals surface area contributed by atoms with Gasteiger partial charge in [-0.2, -0.15) is 5.10 Å². The van der Waals surface area contributed by atoms with E-state index < -0.39 is 47.7 Å². The molecule has 5 aliphatic heterocycles. The van der Waals surface area contributed by atoms with Crippen molar-refractivity contribution in [2.45, 2.75) is 101 Å². The summed E-state index contributed by atoms with van der Waals surface area (Å²) in [6, 6.07) is 8.18. The smallest absolute Gasteiger partial charge is 0.284 e. The van der Waals surface area contributed by atoms with Crippen LogP contribution in [-0.4, -0.2) is 117 Å². The van der Waals surface area contributed by atoms with E-state index >= 15 is 0 Å². The van der Waals surface area contributed by atoms with Crippen molar-refractivity contribution >= 4 is 57.6 Å². The van der Waals surface area contributed by atoms with Gasteiger partial charge in [-0.25, -0.2) is 13.8 Å². The number of nitrogens with one attached hydrogen (secondary N) is 3. The summed E-state index contributed by atoms with van der Waals surface area (Å²) < 4.78 is 36.1. The van der Waals surface area contributed by atoms with Crippen LogP contribution in [0.2, 0.25) is 0 Å². The number of imide groups is 2. The fourth-order valence-electron chi connectivity index (χ4n) is 11.9. The first-order valence-electron chi connectivity index (χ1n) is 23.1. The molecule has 3 atom stereocenters. The molecule has 8 heterocycles. The monoisotopic (exact) mass is 890 g/mol. The van der Waals surface area contributed by atoms with Gasteiger partial charge in [0.05, 0.1) is 52.7 Å². The lowest BCUT2D eigenvalue weighted by atomic mass is 9.57. The number of hydrogen-bond acceptors (Lipinski definition) is 12. The first-order chi connectivity index (χ1) is 31.5. The molecule has 11 rings (SSSR count). The molecule has 2 saturated carbocycles. The van der Waals surface area contributed by atoms with Gasteiger partial charge < -0.3 is 25.2 Å². The number of hydrogen-bond donors (Lipinski definition) is 3. The number of amides is 5. The zero-order chi connectivity index (χ0) is 44.6. The lowest BCUT2D eigenvalue weighted by Crippen LogP contribution is -2.54. The number of aromatic nitrogens is 4. The summed E-state index contributed by atoms with van der Waals surface area (Å²) in [6.07, 6.45) is 11.1. The van der Waals surface area contributed by atoms with Crippen molar-refractivity contribution in [1.82, 2.24) is 34.9 Å². The first-order valence-corrected chi connectivity index (χ1v) is 23.1. The SMILES string of the molecule is O=C1CCC(N2C(=O)c3cccc(NCC4CC5(CCN(C[C@H]6CC[C@H](n7cc(NC(=O)c8cncc9ccc(N%10C[C@H]%11C[C@@H]%10CO%11)nc89)c(C(F)F)n7)CC6)CC5)C4)c3C2=O)C(=O)N1. The van der Waals surface area contributed by atoms with Crippen molar-refractivity contribution in [2.24, 2.45) is 17.3 Å². The first kappa shape index (κ1) is 41.8. The third kappa shape index (κ3) is 7.71. The number of piperidine rings is 2. The molecule has 2 aliphatic carbocycles. The van der Waals surface area contributed by atoms with Gasteiger partial charge in [-0.15, -0.1) is 0 Å². The van der Waals surface area contributed by atoms with Gasteiger partial charge in [0.15, 0.2) is 5.69 Å². The number of fused-ring (bicyclic) bond motifs is 4. The van der Waals surface area contributed by atoms with E-state index in [2.05, 4.69) is 35.8 Å². The highest BCUT2D eigenvalue weighted by molar-refractivity contribution is 6.25. The number of morpholine rings is 1. The molecule has 340 valence electrons. The number of alkyl halides is 2. The van der Waals surface area contributed by atoms with E-state index in [1.54, 1.807) is 35.3 Å². The van der Waals surface area contributed by atoms with Crippen molar-refractivity contribution in [3.05, 3.63) is 71.3 Å². The van der Waals surface area contributed by atoms with E-state index in [-0.39, 0.29) is 53.4 Å². The maximum absolute atomic E-state index is 14.4. The van der Waals surface area contributed by atoms with Crippen LogP contribution in [0.1, 0.15) is 120 Å². The van der Waals surface area contributed by atoms with E-state index in [4.69, 9.17) is 9.72 Å². The quantitative estimate of drug-likeness (QED) is 0.156. The Labute approximate surface area is 373 Å². The van der Waals surface area contributed by atoms with Crippen LogP contribution in [0, 0.1) is 17.3 Å². The topological polar surface area (TPSA) is 184 Å². The van der Waals surface area contributed by atoms with Crippen molar-refractivity contribution in [2.75, 3.05) is 54.9 Å². The van der Waals surface area contributed by atoms with Crippen molar-refractivity contribution in [1.29, 1.82) is 0 Å². The average Bonchev–Trinajstić information content (AvgIpc) is 4.10. The average molecular weight is 891 g/mol. The number of nitrogens with zero attached hydrogens (tertiary/aromatic N) is 7. The molecule has 1 spiro atoms. The Morgan fingerprint density at radius 2 is 1.75 bits per heavy atom. The number of ether oxygens (including phenoxy) is 1. The second-order valence-electron chi connectivity index (χ2n) is 19.4. The predicted molar refractivity (Wildman–Crippen MR) is 234 cm³/mol. The lowest BCUT2D eigenvalue weighted by molar-refractivity contribution is -0.136. The van der Waals surface area contributed by atoms with E-state index in [1.807, 2.05) is 12.1 Å². The van der Waals surface area contributed by atoms with Crippen LogP contribution in [0.15, 0.2) is 48.9 Å². The standard InChI is InChI=1S/C47H52F2N10O6/c48-42(49)41-35(52-43(61)33-21-50-20-28-6-10-37(53-40(28)33)57-23-31-16-30(57)25-65-31)24-58(55-41)29-7-4-26(5-8-29)22-56-14-12-47(13-15-56)17-27(18-47)19-51-34-3-1-2-32-39(34)46(64)59(45(32)63)36-9-11-38(60)54-44(36)62/h1-3,6,10,20-21,24,26-27,29-31,36,42,51H,4-5,7-9,11-19,22-23,25H2,(H,52,61)(H,54,60,62)/t26-,29-,30-,31-,36?/m1/s1. The molecule has 7 aliphatic rings. The Kier molecular flexibility index (Phi) is 10.6. The Bertz CT molecular complexity index is 2580. The molecule has 65 heavy (non-hydrogen) atoms. The number of rotatable bonds is 11. The number of pyridine rings is 2. The van der Waals surface area contributed by atoms with Gasteiger partial charge in [0.2, 0.25) is 11.8 Å². The largest absolute Gasteiger partial charge is 0.384 e. The minimum Gasteiger partial charge on any atom is -0.384 e. The van der Waals surface area contributed by atoms with Crippen molar-refractivity contribution in [3.8, 4) is 0 Å². The Morgan fingerprint density at radius 1 is 0.938 bits per heavy atom. The van der Waals surface area contributed by atoms with E-state index in [0.29, 0.717) is 47.0 Å². The van der Waals surface area contributed by atoms with Crippen molar-refractivity contribution in [3.63, 3.8) is 0 Å². The highest BCUT2D eigenvalue weighted by Gasteiger charge is 2.48. The molecular weight excluding hydrogens is 839 g/mol. The Hall–Kier alpha value is -5.88. The molecule has 1 unspecified atom stereocenters. The minimum atomic E-state index is -2.86. The van der Waals surface area contributed by atoms with E-state index in [9.17, 15) is 32.8 Å². The zero-order valence-electron chi connectivity index (χ0n) is 36.0. The minimum absolute atomic E-state index is 0.000853. The molecule has 6 fully saturated rings. The molecular formula is C47H52F2N10O6. The molecule has 1 aromatic carbocycles. The molecule has 4 aromatic rings. The van der Waals surface area contributed by atoms with Gasteiger partial charge >= 0.3 is 0 Å². The van der Waals surface area contributed by atoms with Crippen LogP contribution in [0.4, 0.5) is 26.0 Å². The van der Waals surface area contributed by atoms with Crippen LogP contribution < -0.4 is 20.9 Å². The number of benzene rings is 1. The summed E-state index contributed by atoms with van der Waals surface area (Å²) >= 11 is 0. The van der Waals surface area contributed by atoms with Gasteiger partial charge in [0.1, 0.15) is 11.9 Å². The van der Waals surface area contributed by atoms with Crippen LogP contribution in [0.3, 0.4) is 0 Å².